The highest BCUT2D eigenvalue weighted by Crippen LogP contribution is 2.21. The molecule has 1 aliphatic heterocycles. The van der Waals surface area contributed by atoms with E-state index >= 15 is 0 Å². The van der Waals surface area contributed by atoms with E-state index in [0.717, 1.165) is 36.2 Å². The smallest absolute Gasteiger partial charge is 0.252 e. The Morgan fingerprint density at radius 3 is 2.64 bits per heavy atom. The topological polar surface area (TPSA) is 32.3 Å². The fourth-order valence-electron chi connectivity index (χ4n) is 4.17. The first-order valence-corrected chi connectivity index (χ1v) is 9.49. The Bertz CT molecular complexity index is 679. The summed E-state index contributed by atoms with van der Waals surface area (Å²) in [4.78, 5) is 15.2. The summed E-state index contributed by atoms with van der Waals surface area (Å²) in [6, 6.07) is 4.74. The normalized spacial score (nSPS) is 21.1. The molecule has 3 rings (SSSR count). The number of hydrogen-bond donors (Lipinski definition) is 1. The minimum atomic E-state index is 0.0468. The van der Waals surface area contributed by atoms with E-state index in [2.05, 4.69) is 47.5 Å². The molecule has 1 heterocycles. The fourth-order valence-corrected chi connectivity index (χ4v) is 4.17. The largest absolute Gasteiger partial charge is 0.348 e. The van der Waals surface area contributed by atoms with E-state index in [1.165, 1.54) is 30.4 Å². The maximum Gasteiger partial charge on any atom is 0.252 e. The van der Waals surface area contributed by atoms with Gasteiger partial charge in [-0.2, -0.15) is 0 Å². The van der Waals surface area contributed by atoms with Crippen molar-refractivity contribution in [1.29, 1.82) is 0 Å². The molecule has 0 bridgehead atoms. The average Bonchev–Trinajstić information content (AvgIpc) is 2.60. The number of nitrogens with one attached hydrogen (secondary N) is 1. The van der Waals surface area contributed by atoms with E-state index in [4.69, 9.17) is 0 Å². The minimum absolute atomic E-state index is 0.0468. The zero-order valence-electron chi connectivity index (χ0n) is 15.8. The first kappa shape index (κ1) is 17.9. The van der Waals surface area contributed by atoms with E-state index in [1.54, 1.807) is 0 Å². The van der Waals surface area contributed by atoms with Crippen LogP contribution in [0.3, 0.4) is 0 Å². The SMILES string of the molecule is Cc1cc(C)c(C(=O)NCC2=CCCN([C@H]3C=CCCC3)C2)c(C)c1. The van der Waals surface area contributed by atoms with Crippen molar-refractivity contribution in [3.63, 3.8) is 0 Å². The van der Waals surface area contributed by atoms with Gasteiger partial charge >= 0.3 is 0 Å². The predicted octanol–water partition coefficient (Wildman–Crippen LogP) is 4.08. The second-order valence-electron chi connectivity index (χ2n) is 7.50. The van der Waals surface area contributed by atoms with Crippen molar-refractivity contribution in [3.8, 4) is 0 Å². The second-order valence-corrected chi connectivity index (χ2v) is 7.50. The summed E-state index contributed by atoms with van der Waals surface area (Å²) in [5.74, 6) is 0.0468. The molecule has 0 spiro atoms. The number of nitrogens with zero attached hydrogens (tertiary/aromatic N) is 1. The van der Waals surface area contributed by atoms with E-state index < -0.39 is 0 Å². The molecular weight excluding hydrogens is 308 g/mol. The Morgan fingerprint density at radius 2 is 1.96 bits per heavy atom. The zero-order chi connectivity index (χ0) is 17.8. The van der Waals surface area contributed by atoms with E-state index in [1.807, 2.05) is 13.8 Å². The summed E-state index contributed by atoms with van der Waals surface area (Å²) >= 11 is 0. The monoisotopic (exact) mass is 338 g/mol. The van der Waals surface area contributed by atoms with Crippen LogP contribution in [0.4, 0.5) is 0 Å². The lowest BCUT2D eigenvalue weighted by molar-refractivity contribution is 0.0954. The summed E-state index contributed by atoms with van der Waals surface area (Å²) in [6.45, 7) is 8.86. The van der Waals surface area contributed by atoms with Crippen LogP contribution >= 0.6 is 0 Å². The van der Waals surface area contributed by atoms with Crippen LogP contribution < -0.4 is 5.32 Å². The Morgan fingerprint density at radius 1 is 1.20 bits per heavy atom. The molecule has 2 aliphatic rings. The van der Waals surface area contributed by atoms with Crippen LogP contribution in [0.5, 0.6) is 0 Å². The molecule has 0 unspecified atom stereocenters. The lowest BCUT2D eigenvalue weighted by atomic mass is 9.98. The quantitative estimate of drug-likeness (QED) is 0.839. The van der Waals surface area contributed by atoms with Crippen molar-refractivity contribution in [1.82, 2.24) is 10.2 Å². The van der Waals surface area contributed by atoms with Crippen LogP contribution in [-0.4, -0.2) is 36.5 Å². The van der Waals surface area contributed by atoms with Gasteiger partial charge in [-0.05, 0) is 63.2 Å². The van der Waals surface area contributed by atoms with Crippen molar-refractivity contribution in [3.05, 3.63) is 58.2 Å². The molecule has 134 valence electrons. The van der Waals surface area contributed by atoms with Gasteiger partial charge in [-0.25, -0.2) is 0 Å². The molecule has 1 N–H and O–H groups in total. The number of benzene rings is 1. The van der Waals surface area contributed by atoms with Crippen molar-refractivity contribution in [2.24, 2.45) is 0 Å². The van der Waals surface area contributed by atoms with Crippen molar-refractivity contribution in [2.75, 3.05) is 19.6 Å². The van der Waals surface area contributed by atoms with Gasteiger partial charge in [0.2, 0.25) is 0 Å². The van der Waals surface area contributed by atoms with Crippen LogP contribution in [0.2, 0.25) is 0 Å². The van der Waals surface area contributed by atoms with Crippen LogP contribution in [0.15, 0.2) is 35.9 Å². The molecule has 1 aromatic rings. The minimum Gasteiger partial charge on any atom is -0.348 e. The lowest BCUT2D eigenvalue weighted by Crippen LogP contribution is -2.41. The summed E-state index contributed by atoms with van der Waals surface area (Å²) in [5, 5.41) is 3.14. The van der Waals surface area contributed by atoms with Crippen molar-refractivity contribution in [2.45, 2.75) is 52.5 Å². The van der Waals surface area contributed by atoms with E-state index in [9.17, 15) is 4.79 Å². The molecule has 1 aliphatic carbocycles. The van der Waals surface area contributed by atoms with E-state index in [-0.39, 0.29) is 5.91 Å². The Kier molecular flexibility index (Phi) is 5.74. The number of amides is 1. The number of allylic oxidation sites excluding steroid dienone is 1. The fraction of sp³-hybridized carbons (Fsp3) is 0.500. The molecule has 3 nitrogen and oxygen atoms in total. The first-order chi connectivity index (χ1) is 12.0. The predicted molar refractivity (Wildman–Crippen MR) is 104 cm³/mol. The van der Waals surface area contributed by atoms with Crippen LogP contribution in [0.25, 0.3) is 0 Å². The molecule has 1 atom stereocenters. The highest BCUT2D eigenvalue weighted by molar-refractivity contribution is 5.97. The Hall–Kier alpha value is -1.87. The summed E-state index contributed by atoms with van der Waals surface area (Å²) in [7, 11) is 0. The van der Waals surface area contributed by atoms with Gasteiger partial charge < -0.3 is 5.32 Å². The van der Waals surface area contributed by atoms with Gasteiger partial charge in [0.15, 0.2) is 0 Å². The molecule has 3 heteroatoms. The molecule has 0 saturated carbocycles. The van der Waals surface area contributed by atoms with Gasteiger partial charge in [-0.3, -0.25) is 9.69 Å². The van der Waals surface area contributed by atoms with Gasteiger partial charge in [-0.1, -0.05) is 35.9 Å². The van der Waals surface area contributed by atoms with Gasteiger partial charge in [0.1, 0.15) is 0 Å². The van der Waals surface area contributed by atoms with Crippen molar-refractivity contribution >= 4 is 5.91 Å². The molecule has 25 heavy (non-hydrogen) atoms. The number of carbonyl (C=O) groups is 1. The maximum absolute atomic E-state index is 12.7. The Balaban J connectivity index is 1.60. The second kappa shape index (κ2) is 8.01. The number of aryl methyl sites for hydroxylation is 3. The molecule has 0 saturated heterocycles. The number of carbonyl (C=O) groups excluding carboxylic acids is 1. The summed E-state index contributed by atoms with van der Waals surface area (Å²) in [5.41, 5.74) is 5.48. The van der Waals surface area contributed by atoms with Crippen LogP contribution in [0.1, 0.15) is 52.7 Å². The third-order valence-corrected chi connectivity index (χ3v) is 5.33. The molecule has 1 aromatic carbocycles. The maximum atomic E-state index is 12.7. The molecule has 0 radical (unpaired) electrons. The number of rotatable bonds is 4. The standard InChI is InChI=1S/C22H30N2O/c1-16-12-17(2)21(18(3)13-16)22(25)23-14-19-8-7-11-24(15-19)20-9-5-4-6-10-20/h5,8-9,12-13,20H,4,6-7,10-11,14-15H2,1-3H3,(H,23,25)/t20-/m0/s1. The highest BCUT2D eigenvalue weighted by Gasteiger charge is 2.21. The zero-order valence-corrected chi connectivity index (χ0v) is 15.8. The summed E-state index contributed by atoms with van der Waals surface area (Å²) in [6.07, 6.45) is 11.8. The van der Waals surface area contributed by atoms with Gasteiger partial charge in [0.05, 0.1) is 0 Å². The third-order valence-electron chi connectivity index (χ3n) is 5.33. The molecular formula is C22H30N2O. The molecule has 1 amide bonds. The average molecular weight is 338 g/mol. The van der Waals surface area contributed by atoms with E-state index in [0.29, 0.717) is 12.6 Å². The van der Waals surface area contributed by atoms with Gasteiger partial charge in [0, 0.05) is 31.2 Å². The third kappa shape index (κ3) is 4.40. The Labute approximate surface area is 151 Å². The lowest BCUT2D eigenvalue weighted by Gasteiger charge is -2.34. The van der Waals surface area contributed by atoms with Crippen molar-refractivity contribution < 1.29 is 4.79 Å². The molecule has 0 fully saturated rings. The van der Waals surface area contributed by atoms with Gasteiger partial charge in [0.25, 0.3) is 5.91 Å². The molecule has 0 aromatic heterocycles. The van der Waals surface area contributed by atoms with Crippen LogP contribution in [0, 0.1) is 20.8 Å². The first-order valence-electron chi connectivity index (χ1n) is 9.49. The number of hydrogen-bond acceptors (Lipinski definition) is 2. The van der Waals surface area contributed by atoms with Gasteiger partial charge in [-0.15, -0.1) is 0 Å². The summed E-state index contributed by atoms with van der Waals surface area (Å²) < 4.78 is 0. The highest BCUT2D eigenvalue weighted by atomic mass is 16.1. The van der Waals surface area contributed by atoms with Crippen LogP contribution in [-0.2, 0) is 0 Å².